The van der Waals surface area contributed by atoms with Crippen LogP contribution in [0.5, 0.6) is 0 Å². The molecule has 5 nitrogen and oxygen atoms in total. The summed E-state index contributed by atoms with van der Waals surface area (Å²) in [4.78, 5) is 11.6. The van der Waals surface area contributed by atoms with Crippen LogP contribution in [0.15, 0.2) is 42.6 Å². The molecule has 0 spiro atoms. The number of imidazole rings is 1. The largest absolute Gasteiger partial charge is 0.345 e. The Bertz CT molecular complexity index is 921. The fourth-order valence-electron chi connectivity index (χ4n) is 3.68. The molecule has 2 aromatic heterocycles. The predicted octanol–water partition coefficient (Wildman–Crippen LogP) is 3.66. The summed E-state index contributed by atoms with van der Waals surface area (Å²) in [5.74, 6) is 1.85. The van der Waals surface area contributed by atoms with Gasteiger partial charge in [-0.15, -0.1) is 0 Å². The normalized spacial score (nSPS) is 17.3. The first-order valence-electron chi connectivity index (χ1n) is 8.40. The Morgan fingerprint density at radius 2 is 2.12 bits per heavy atom. The first-order valence-corrected chi connectivity index (χ1v) is 8.40. The summed E-state index contributed by atoms with van der Waals surface area (Å²) in [7, 11) is 0. The molecule has 4 rings (SSSR count). The van der Waals surface area contributed by atoms with Crippen molar-refractivity contribution in [2.75, 3.05) is 11.4 Å². The Kier molecular flexibility index (Phi) is 3.66. The SMILES string of the molecule is CCn1c(C2CCCN2c2ncccc2C#N)nc2ccccc21. The van der Waals surface area contributed by atoms with E-state index < -0.39 is 0 Å². The number of hydrogen-bond donors (Lipinski definition) is 0. The van der Waals surface area contributed by atoms with Gasteiger partial charge in [-0.25, -0.2) is 9.97 Å². The number of anilines is 1. The van der Waals surface area contributed by atoms with Gasteiger partial charge in [-0.3, -0.25) is 0 Å². The first-order chi connectivity index (χ1) is 11.8. The molecule has 120 valence electrons. The van der Waals surface area contributed by atoms with Crippen LogP contribution in [0, 0.1) is 11.3 Å². The van der Waals surface area contributed by atoms with Crippen LogP contribution in [0.4, 0.5) is 5.82 Å². The van der Waals surface area contributed by atoms with E-state index in [-0.39, 0.29) is 6.04 Å². The lowest BCUT2D eigenvalue weighted by Crippen LogP contribution is -2.26. The van der Waals surface area contributed by atoms with Crippen LogP contribution >= 0.6 is 0 Å². The maximum absolute atomic E-state index is 9.41. The lowest BCUT2D eigenvalue weighted by atomic mass is 10.2. The summed E-state index contributed by atoms with van der Waals surface area (Å²) in [6.07, 6.45) is 3.87. The minimum atomic E-state index is 0.166. The average Bonchev–Trinajstić information content (AvgIpc) is 3.25. The number of rotatable bonds is 3. The first kappa shape index (κ1) is 14.7. The Morgan fingerprint density at radius 1 is 1.25 bits per heavy atom. The average molecular weight is 317 g/mol. The molecule has 24 heavy (non-hydrogen) atoms. The Hall–Kier alpha value is -2.87. The van der Waals surface area contributed by atoms with Crippen LogP contribution in [-0.2, 0) is 6.54 Å². The van der Waals surface area contributed by atoms with Gasteiger partial charge in [0.1, 0.15) is 17.7 Å². The van der Waals surface area contributed by atoms with Crippen LogP contribution < -0.4 is 4.90 Å². The van der Waals surface area contributed by atoms with Crippen LogP contribution in [0.3, 0.4) is 0 Å². The lowest BCUT2D eigenvalue weighted by molar-refractivity contribution is 0.605. The van der Waals surface area contributed by atoms with E-state index >= 15 is 0 Å². The third-order valence-electron chi connectivity index (χ3n) is 4.73. The Balaban J connectivity index is 1.83. The summed E-state index contributed by atoms with van der Waals surface area (Å²) >= 11 is 0. The molecule has 1 saturated heterocycles. The molecule has 1 aliphatic rings. The van der Waals surface area contributed by atoms with Crippen molar-refractivity contribution in [3.8, 4) is 6.07 Å². The number of aryl methyl sites for hydroxylation is 1. The molecule has 0 N–H and O–H groups in total. The Morgan fingerprint density at radius 3 is 2.96 bits per heavy atom. The van der Waals surface area contributed by atoms with Gasteiger partial charge in [0.2, 0.25) is 0 Å². The van der Waals surface area contributed by atoms with E-state index in [2.05, 4.69) is 45.6 Å². The van der Waals surface area contributed by atoms with E-state index in [1.165, 1.54) is 5.52 Å². The molecule has 3 heterocycles. The van der Waals surface area contributed by atoms with Crippen LogP contribution in [0.25, 0.3) is 11.0 Å². The maximum atomic E-state index is 9.41. The van der Waals surface area contributed by atoms with Crippen molar-refractivity contribution in [2.24, 2.45) is 0 Å². The van der Waals surface area contributed by atoms with Gasteiger partial charge in [0.25, 0.3) is 0 Å². The van der Waals surface area contributed by atoms with Crippen molar-refractivity contribution < 1.29 is 0 Å². The highest BCUT2D eigenvalue weighted by Crippen LogP contribution is 2.37. The highest BCUT2D eigenvalue weighted by molar-refractivity contribution is 5.76. The van der Waals surface area contributed by atoms with Gasteiger partial charge in [0.05, 0.1) is 22.6 Å². The summed E-state index contributed by atoms with van der Waals surface area (Å²) in [6.45, 7) is 3.94. The minimum Gasteiger partial charge on any atom is -0.345 e. The molecule has 0 radical (unpaired) electrons. The van der Waals surface area contributed by atoms with E-state index in [9.17, 15) is 5.26 Å². The minimum absolute atomic E-state index is 0.166. The zero-order chi connectivity index (χ0) is 16.5. The fourth-order valence-corrected chi connectivity index (χ4v) is 3.68. The molecule has 0 bridgehead atoms. The summed E-state index contributed by atoms with van der Waals surface area (Å²) in [5.41, 5.74) is 2.83. The van der Waals surface area contributed by atoms with E-state index in [0.29, 0.717) is 5.56 Å². The molecular formula is C19H19N5. The summed E-state index contributed by atoms with van der Waals surface area (Å²) < 4.78 is 2.29. The molecule has 0 aliphatic carbocycles. The predicted molar refractivity (Wildman–Crippen MR) is 93.7 cm³/mol. The highest BCUT2D eigenvalue weighted by atomic mass is 15.3. The monoisotopic (exact) mass is 317 g/mol. The standard InChI is InChI=1S/C19H19N5/c1-2-23-16-9-4-3-8-15(16)22-19(23)17-10-6-12-24(17)18-14(13-20)7-5-11-21-18/h3-5,7-9,11,17H,2,6,10,12H2,1H3. The second kappa shape index (κ2) is 5.97. The van der Waals surface area contributed by atoms with Crippen LogP contribution in [0.1, 0.15) is 37.2 Å². The molecule has 1 atom stereocenters. The second-order valence-corrected chi connectivity index (χ2v) is 6.04. The van der Waals surface area contributed by atoms with Crippen molar-refractivity contribution in [1.29, 1.82) is 5.26 Å². The van der Waals surface area contributed by atoms with Crippen LogP contribution in [-0.4, -0.2) is 21.1 Å². The molecular weight excluding hydrogens is 298 g/mol. The van der Waals surface area contributed by atoms with E-state index in [1.807, 2.05) is 18.2 Å². The number of fused-ring (bicyclic) bond motifs is 1. The number of aromatic nitrogens is 3. The number of para-hydroxylation sites is 2. The highest BCUT2D eigenvalue weighted by Gasteiger charge is 2.32. The Labute approximate surface area is 141 Å². The third-order valence-corrected chi connectivity index (χ3v) is 4.73. The van der Waals surface area contributed by atoms with E-state index in [0.717, 1.165) is 43.1 Å². The van der Waals surface area contributed by atoms with Gasteiger partial charge < -0.3 is 9.47 Å². The zero-order valence-corrected chi connectivity index (χ0v) is 13.7. The number of hydrogen-bond acceptors (Lipinski definition) is 4. The van der Waals surface area contributed by atoms with Gasteiger partial charge >= 0.3 is 0 Å². The molecule has 1 unspecified atom stereocenters. The van der Waals surface area contributed by atoms with Gasteiger partial charge in [-0.05, 0) is 44.0 Å². The van der Waals surface area contributed by atoms with E-state index in [4.69, 9.17) is 4.98 Å². The fraction of sp³-hybridized carbons (Fsp3) is 0.316. The van der Waals surface area contributed by atoms with Crippen molar-refractivity contribution >= 4 is 16.9 Å². The zero-order valence-electron chi connectivity index (χ0n) is 13.7. The molecule has 1 aliphatic heterocycles. The molecule has 0 saturated carbocycles. The van der Waals surface area contributed by atoms with Gasteiger partial charge in [0.15, 0.2) is 0 Å². The van der Waals surface area contributed by atoms with Crippen LogP contribution in [0.2, 0.25) is 0 Å². The van der Waals surface area contributed by atoms with Crippen molar-refractivity contribution in [3.63, 3.8) is 0 Å². The number of pyridine rings is 1. The van der Waals surface area contributed by atoms with Gasteiger partial charge in [-0.1, -0.05) is 12.1 Å². The quantitative estimate of drug-likeness (QED) is 0.739. The number of nitriles is 1. The summed E-state index contributed by atoms with van der Waals surface area (Å²) in [5, 5.41) is 9.41. The third kappa shape index (κ3) is 2.23. The van der Waals surface area contributed by atoms with E-state index in [1.54, 1.807) is 6.20 Å². The molecule has 5 heteroatoms. The van der Waals surface area contributed by atoms with Crippen molar-refractivity contribution in [1.82, 2.24) is 14.5 Å². The number of nitrogens with zero attached hydrogens (tertiary/aromatic N) is 5. The number of benzene rings is 1. The molecule has 0 amide bonds. The maximum Gasteiger partial charge on any atom is 0.147 e. The smallest absolute Gasteiger partial charge is 0.147 e. The molecule has 1 fully saturated rings. The molecule has 3 aromatic rings. The van der Waals surface area contributed by atoms with Gasteiger partial charge in [0, 0.05) is 19.3 Å². The summed E-state index contributed by atoms with van der Waals surface area (Å²) in [6, 6.07) is 14.3. The van der Waals surface area contributed by atoms with Crippen molar-refractivity contribution in [3.05, 3.63) is 54.0 Å². The topological polar surface area (TPSA) is 57.7 Å². The van der Waals surface area contributed by atoms with Gasteiger partial charge in [-0.2, -0.15) is 5.26 Å². The van der Waals surface area contributed by atoms with Crippen molar-refractivity contribution in [2.45, 2.75) is 32.4 Å². The second-order valence-electron chi connectivity index (χ2n) is 6.04. The lowest BCUT2D eigenvalue weighted by Gasteiger charge is -2.26. The molecule has 1 aromatic carbocycles.